The van der Waals surface area contributed by atoms with Gasteiger partial charge in [-0.15, -0.1) is 11.3 Å². The van der Waals surface area contributed by atoms with E-state index in [1.165, 1.54) is 6.07 Å². The standard InChI is InChI=1S/C25H29F2N4O3PS/c1-14(21-6-7-22(36-21)23(26)27)28-24-17-12-20(19(34-3)13-18(17)29-15(2)30-24)35(33)10-8-31(9-11-35)25(32)16-4-5-16/h6-7,12-14,16,23H,4-5,8-11H2,1-3H3,(H,28,29,30)/t14-/m1/s1. The molecule has 1 aliphatic carbocycles. The molecule has 0 unspecified atom stereocenters. The van der Waals surface area contributed by atoms with Gasteiger partial charge in [-0.2, -0.15) is 0 Å². The Bertz CT molecular complexity index is 1350. The maximum absolute atomic E-state index is 14.2. The van der Waals surface area contributed by atoms with E-state index in [1.807, 2.05) is 17.9 Å². The first-order valence-corrected chi connectivity index (χ1v) is 15.0. The van der Waals surface area contributed by atoms with Gasteiger partial charge in [0, 0.05) is 47.7 Å². The van der Waals surface area contributed by atoms with Crippen LogP contribution in [-0.4, -0.2) is 53.3 Å². The van der Waals surface area contributed by atoms with E-state index in [2.05, 4.69) is 15.3 Å². The fourth-order valence-corrected chi connectivity index (χ4v) is 8.31. The van der Waals surface area contributed by atoms with Crippen LogP contribution in [-0.2, 0) is 9.36 Å². The Morgan fingerprint density at radius 3 is 2.50 bits per heavy atom. The number of nitrogens with one attached hydrogen (secondary N) is 1. The summed E-state index contributed by atoms with van der Waals surface area (Å²) in [7, 11) is -1.27. The van der Waals surface area contributed by atoms with Crippen LogP contribution >= 0.6 is 18.5 Å². The third kappa shape index (κ3) is 4.85. The molecule has 7 nitrogen and oxygen atoms in total. The molecule has 2 fully saturated rings. The molecule has 1 amide bonds. The van der Waals surface area contributed by atoms with Crippen molar-refractivity contribution in [1.29, 1.82) is 0 Å². The molecule has 1 atom stereocenters. The highest BCUT2D eigenvalue weighted by atomic mass is 32.1. The molecule has 2 aliphatic rings. The predicted octanol–water partition coefficient (Wildman–Crippen LogP) is 5.36. The largest absolute Gasteiger partial charge is 0.496 e. The third-order valence-electron chi connectivity index (χ3n) is 6.89. The maximum Gasteiger partial charge on any atom is 0.272 e. The number of carbonyl (C=O) groups excluding carboxylic acids is 1. The highest BCUT2D eigenvalue weighted by Crippen LogP contribution is 2.50. The lowest BCUT2D eigenvalue weighted by Crippen LogP contribution is -2.42. The number of nitrogens with zero attached hydrogens (tertiary/aromatic N) is 3. The molecule has 3 aromatic rings. The molecule has 1 saturated carbocycles. The second kappa shape index (κ2) is 9.71. The van der Waals surface area contributed by atoms with Crippen LogP contribution in [0, 0.1) is 12.8 Å². The van der Waals surface area contributed by atoms with Crippen molar-refractivity contribution in [1.82, 2.24) is 14.9 Å². The van der Waals surface area contributed by atoms with Gasteiger partial charge in [-0.3, -0.25) is 4.79 Å². The van der Waals surface area contributed by atoms with Crippen LogP contribution in [0.1, 0.15) is 47.8 Å². The number of anilines is 1. The summed E-state index contributed by atoms with van der Waals surface area (Å²) in [6.07, 6.45) is 0.216. The number of halogens is 2. The van der Waals surface area contributed by atoms with Gasteiger partial charge in [0.25, 0.3) is 6.43 Å². The summed E-state index contributed by atoms with van der Waals surface area (Å²) < 4.78 is 46.0. The average molecular weight is 535 g/mol. The van der Waals surface area contributed by atoms with Crippen LogP contribution < -0.4 is 15.4 Å². The van der Waals surface area contributed by atoms with Crippen LogP contribution in [0.25, 0.3) is 10.9 Å². The highest BCUT2D eigenvalue weighted by molar-refractivity contribution is 7.72. The minimum atomic E-state index is -2.83. The van der Waals surface area contributed by atoms with E-state index in [-0.39, 0.29) is 22.7 Å². The minimum Gasteiger partial charge on any atom is -0.496 e. The first-order valence-electron chi connectivity index (χ1n) is 12.1. The Morgan fingerprint density at radius 1 is 1.19 bits per heavy atom. The molecule has 5 rings (SSSR count). The van der Waals surface area contributed by atoms with Gasteiger partial charge in [0.1, 0.15) is 24.5 Å². The molecular formula is C25H29F2N4O3PS. The van der Waals surface area contributed by atoms with Gasteiger partial charge in [0.2, 0.25) is 5.91 Å². The molecule has 0 bridgehead atoms. The lowest BCUT2D eigenvalue weighted by atomic mass is 10.2. The molecule has 11 heteroatoms. The summed E-state index contributed by atoms with van der Waals surface area (Å²) >= 11 is 1.07. The number of aryl methyl sites for hydroxylation is 1. The number of rotatable bonds is 7. The summed E-state index contributed by atoms with van der Waals surface area (Å²) in [5.74, 6) is 1.94. The Morgan fingerprint density at radius 2 is 1.89 bits per heavy atom. The number of carbonyl (C=O) groups is 1. The van der Waals surface area contributed by atoms with E-state index in [9.17, 15) is 18.1 Å². The Balaban J connectivity index is 1.47. The zero-order chi connectivity index (χ0) is 25.6. The van der Waals surface area contributed by atoms with E-state index >= 15 is 0 Å². The number of aromatic nitrogens is 2. The molecule has 0 radical (unpaired) electrons. The van der Waals surface area contributed by atoms with Crippen LogP contribution in [0.3, 0.4) is 0 Å². The van der Waals surface area contributed by atoms with E-state index in [4.69, 9.17) is 4.74 Å². The minimum absolute atomic E-state index is 0.0269. The molecule has 1 aromatic carbocycles. The summed E-state index contributed by atoms with van der Waals surface area (Å²) in [6.45, 7) is 4.63. The number of hydrogen-bond donors (Lipinski definition) is 1. The third-order valence-corrected chi connectivity index (χ3v) is 11.2. The van der Waals surface area contributed by atoms with Crippen molar-refractivity contribution in [3.63, 3.8) is 0 Å². The molecule has 36 heavy (non-hydrogen) atoms. The summed E-state index contributed by atoms with van der Waals surface area (Å²) in [5, 5.41) is 4.68. The maximum atomic E-state index is 14.2. The van der Waals surface area contributed by atoms with Crippen LogP contribution in [0.5, 0.6) is 5.75 Å². The Hall–Kier alpha value is -2.58. The van der Waals surface area contributed by atoms with E-state index in [1.54, 1.807) is 26.2 Å². The summed E-state index contributed by atoms with van der Waals surface area (Å²) in [6, 6.07) is 6.51. The second-order valence-electron chi connectivity index (χ2n) is 9.50. The van der Waals surface area contributed by atoms with Gasteiger partial charge >= 0.3 is 0 Å². The fourth-order valence-electron chi connectivity index (χ4n) is 4.69. The topological polar surface area (TPSA) is 84.4 Å². The van der Waals surface area contributed by atoms with Crippen LogP contribution in [0.2, 0.25) is 0 Å². The number of thiophene rings is 1. The van der Waals surface area contributed by atoms with E-state index in [0.717, 1.165) is 29.1 Å². The SMILES string of the molecule is COc1cc2nc(C)nc(N[C@H](C)c3ccc(C(F)F)s3)c2cc1P1(=O)CCN(C(=O)C2CC2)CC1. The number of alkyl halides is 2. The van der Waals surface area contributed by atoms with Crippen molar-refractivity contribution in [2.75, 3.05) is 37.8 Å². The van der Waals surface area contributed by atoms with Gasteiger partial charge in [0.05, 0.1) is 28.9 Å². The first-order chi connectivity index (χ1) is 17.2. The van der Waals surface area contributed by atoms with Gasteiger partial charge in [0.15, 0.2) is 0 Å². The summed E-state index contributed by atoms with van der Waals surface area (Å²) in [5.41, 5.74) is 0.645. The fraction of sp³-hybridized carbons (Fsp3) is 0.480. The van der Waals surface area contributed by atoms with E-state index in [0.29, 0.717) is 59.0 Å². The molecule has 2 aromatic heterocycles. The van der Waals surface area contributed by atoms with Crippen molar-refractivity contribution in [2.24, 2.45) is 5.92 Å². The Kier molecular flexibility index (Phi) is 6.76. The van der Waals surface area contributed by atoms with Gasteiger partial charge < -0.3 is 19.5 Å². The zero-order valence-electron chi connectivity index (χ0n) is 20.5. The van der Waals surface area contributed by atoms with Crippen molar-refractivity contribution < 1.29 is 22.9 Å². The number of ether oxygens (including phenoxy) is 1. The lowest BCUT2D eigenvalue weighted by Gasteiger charge is -2.33. The van der Waals surface area contributed by atoms with Gasteiger partial charge in [-0.1, -0.05) is 0 Å². The average Bonchev–Trinajstić information content (AvgIpc) is 3.58. The molecule has 1 N–H and O–H groups in total. The number of hydrogen-bond acceptors (Lipinski definition) is 7. The second-order valence-corrected chi connectivity index (χ2v) is 13.8. The molecule has 1 saturated heterocycles. The molecule has 0 spiro atoms. The number of benzene rings is 1. The quantitative estimate of drug-likeness (QED) is 0.411. The monoisotopic (exact) mass is 534 g/mol. The molecule has 1 aliphatic heterocycles. The smallest absolute Gasteiger partial charge is 0.272 e. The highest BCUT2D eigenvalue weighted by Gasteiger charge is 2.39. The molecule has 192 valence electrons. The molecule has 3 heterocycles. The van der Waals surface area contributed by atoms with Crippen LogP contribution in [0.15, 0.2) is 24.3 Å². The predicted molar refractivity (Wildman–Crippen MR) is 138 cm³/mol. The van der Waals surface area contributed by atoms with E-state index < -0.39 is 13.6 Å². The van der Waals surface area contributed by atoms with Crippen molar-refractivity contribution in [3.8, 4) is 5.75 Å². The lowest BCUT2D eigenvalue weighted by molar-refractivity contribution is -0.132. The van der Waals surface area contributed by atoms with Crippen molar-refractivity contribution in [2.45, 2.75) is 39.2 Å². The van der Waals surface area contributed by atoms with Crippen molar-refractivity contribution in [3.05, 3.63) is 39.8 Å². The van der Waals surface area contributed by atoms with Crippen LogP contribution in [0.4, 0.5) is 14.6 Å². The number of methoxy groups -OCH3 is 1. The number of fused-ring (bicyclic) bond motifs is 1. The first kappa shape index (κ1) is 25.1. The number of amides is 1. The van der Waals surface area contributed by atoms with Gasteiger partial charge in [-0.25, -0.2) is 18.7 Å². The van der Waals surface area contributed by atoms with Gasteiger partial charge in [-0.05, 0) is 44.9 Å². The summed E-state index contributed by atoms with van der Waals surface area (Å²) in [4.78, 5) is 24.3. The molecular weight excluding hydrogens is 505 g/mol. The normalized spacial score (nSPS) is 18.4. The van der Waals surface area contributed by atoms with Crippen molar-refractivity contribution >= 4 is 46.4 Å². The Labute approximate surface area is 212 Å². The zero-order valence-corrected chi connectivity index (χ0v) is 22.2.